The smallest absolute Gasteiger partial charge is 0.340 e. The number of anilines is 1. The molecule has 0 saturated carbocycles. The number of allylic oxidation sites excluding steroid dienone is 1. The minimum atomic E-state index is -0.566. The number of ether oxygens (including phenoxy) is 3. The second-order valence-corrected chi connectivity index (χ2v) is 6.92. The third-order valence-corrected chi connectivity index (χ3v) is 4.93. The summed E-state index contributed by atoms with van der Waals surface area (Å²) in [4.78, 5) is 39.2. The van der Waals surface area contributed by atoms with Gasteiger partial charge in [0.15, 0.2) is 0 Å². The molecule has 7 nitrogen and oxygen atoms in total. The van der Waals surface area contributed by atoms with Crippen molar-refractivity contribution >= 4 is 29.6 Å². The Hall–Kier alpha value is -3.87. The summed E-state index contributed by atoms with van der Waals surface area (Å²) in [5, 5.41) is 0. The van der Waals surface area contributed by atoms with E-state index in [0.717, 1.165) is 0 Å². The van der Waals surface area contributed by atoms with Gasteiger partial charge in [-0.05, 0) is 68.8 Å². The van der Waals surface area contributed by atoms with E-state index in [1.807, 2.05) is 6.92 Å². The number of hydrogen-bond acceptors (Lipinski definition) is 6. The summed E-state index contributed by atoms with van der Waals surface area (Å²) in [5.41, 5.74) is 2.57. The third kappa shape index (κ3) is 4.56. The van der Waals surface area contributed by atoms with Crippen LogP contribution in [0.1, 0.15) is 36.7 Å². The quantitative estimate of drug-likeness (QED) is 0.480. The van der Waals surface area contributed by atoms with Crippen molar-refractivity contribution in [2.45, 2.75) is 20.8 Å². The van der Waals surface area contributed by atoms with Gasteiger partial charge in [0, 0.05) is 11.4 Å². The lowest BCUT2D eigenvalue weighted by atomic mass is 10.0. The van der Waals surface area contributed by atoms with Crippen LogP contribution in [0.25, 0.3) is 6.08 Å². The van der Waals surface area contributed by atoms with Crippen LogP contribution >= 0.6 is 0 Å². The molecule has 32 heavy (non-hydrogen) atoms. The van der Waals surface area contributed by atoms with Gasteiger partial charge in [-0.1, -0.05) is 12.1 Å². The van der Waals surface area contributed by atoms with Crippen molar-refractivity contribution in [2.24, 2.45) is 0 Å². The normalized spacial score (nSPS) is 14.7. The van der Waals surface area contributed by atoms with Crippen molar-refractivity contribution in [3.63, 3.8) is 0 Å². The Bertz CT molecular complexity index is 1080. The zero-order chi connectivity index (χ0) is 23.3. The average Bonchev–Trinajstić information content (AvgIpc) is 3.04. The minimum absolute atomic E-state index is 0.188. The summed E-state index contributed by atoms with van der Waals surface area (Å²) in [5.74, 6) is -0.668. The molecule has 7 heteroatoms. The molecule has 0 radical (unpaired) electrons. The van der Waals surface area contributed by atoms with Gasteiger partial charge in [-0.15, -0.1) is 0 Å². The van der Waals surface area contributed by atoms with Crippen LogP contribution in [-0.4, -0.2) is 38.2 Å². The molecule has 0 bridgehead atoms. The van der Waals surface area contributed by atoms with Gasteiger partial charge in [-0.3, -0.25) is 9.69 Å². The lowest BCUT2D eigenvalue weighted by Crippen LogP contribution is -2.24. The van der Waals surface area contributed by atoms with Crippen LogP contribution in [0.15, 0.2) is 65.4 Å². The highest BCUT2D eigenvalue weighted by molar-refractivity contribution is 6.23. The van der Waals surface area contributed by atoms with Crippen LogP contribution in [0.4, 0.5) is 5.69 Å². The highest BCUT2D eigenvalue weighted by Gasteiger charge is 2.38. The number of methoxy groups -OCH3 is 1. The molecule has 0 unspecified atom stereocenters. The third-order valence-electron chi connectivity index (χ3n) is 4.93. The zero-order valence-corrected chi connectivity index (χ0v) is 18.5. The van der Waals surface area contributed by atoms with E-state index >= 15 is 0 Å². The van der Waals surface area contributed by atoms with E-state index < -0.39 is 11.9 Å². The number of carbonyl (C=O) groups is 3. The molecule has 0 atom stereocenters. The summed E-state index contributed by atoms with van der Waals surface area (Å²) < 4.78 is 15.4. The number of esters is 2. The fraction of sp³-hybridized carbons (Fsp3) is 0.240. The zero-order valence-electron chi connectivity index (χ0n) is 18.5. The molecule has 1 heterocycles. The molecule has 0 aliphatic carbocycles. The van der Waals surface area contributed by atoms with Crippen LogP contribution in [0.5, 0.6) is 5.75 Å². The van der Waals surface area contributed by atoms with E-state index in [1.165, 1.54) is 12.0 Å². The van der Waals surface area contributed by atoms with Crippen LogP contribution in [-0.2, 0) is 19.1 Å². The molecule has 0 N–H and O–H groups in total. The summed E-state index contributed by atoms with van der Waals surface area (Å²) in [6.45, 7) is 6.04. The van der Waals surface area contributed by atoms with E-state index in [9.17, 15) is 14.4 Å². The first-order chi connectivity index (χ1) is 15.4. The van der Waals surface area contributed by atoms with Gasteiger partial charge in [0.05, 0.1) is 37.0 Å². The molecule has 0 aromatic heterocycles. The second-order valence-electron chi connectivity index (χ2n) is 6.92. The Morgan fingerprint density at radius 1 is 0.938 bits per heavy atom. The number of amides is 1. The number of hydrogen-bond donors (Lipinski definition) is 0. The summed E-state index contributed by atoms with van der Waals surface area (Å²) in [6, 6.07) is 13.7. The van der Waals surface area contributed by atoms with E-state index in [1.54, 1.807) is 68.5 Å². The van der Waals surface area contributed by atoms with Gasteiger partial charge < -0.3 is 14.2 Å². The van der Waals surface area contributed by atoms with E-state index in [0.29, 0.717) is 34.9 Å². The number of carbonyl (C=O) groups excluding carboxylic acids is 3. The van der Waals surface area contributed by atoms with Crippen molar-refractivity contribution in [3.05, 3.63) is 76.5 Å². The van der Waals surface area contributed by atoms with Crippen LogP contribution in [0.3, 0.4) is 0 Å². The van der Waals surface area contributed by atoms with Crippen molar-refractivity contribution in [1.82, 2.24) is 0 Å². The van der Waals surface area contributed by atoms with Crippen LogP contribution in [0.2, 0.25) is 0 Å². The van der Waals surface area contributed by atoms with Gasteiger partial charge in [-0.2, -0.15) is 0 Å². The average molecular weight is 435 g/mol. The Morgan fingerprint density at radius 2 is 1.59 bits per heavy atom. The Balaban J connectivity index is 2.02. The van der Waals surface area contributed by atoms with Gasteiger partial charge in [0.1, 0.15) is 5.75 Å². The molecule has 3 rings (SSSR count). The van der Waals surface area contributed by atoms with Gasteiger partial charge >= 0.3 is 11.9 Å². The largest absolute Gasteiger partial charge is 0.494 e. The molecule has 1 aliphatic heterocycles. The van der Waals surface area contributed by atoms with Crippen LogP contribution < -0.4 is 9.64 Å². The molecular formula is C25H25NO6. The minimum Gasteiger partial charge on any atom is -0.494 e. The maximum Gasteiger partial charge on any atom is 0.340 e. The topological polar surface area (TPSA) is 82.1 Å². The van der Waals surface area contributed by atoms with Gasteiger partial charge in [0.2, 0.25) is 0 Å². The summed E-state index contributed by atoms with van der Waals surface area (Å²) >= 11 is 0. The lowest BCUT2D eigenvalue weighted by Gasteiger charge is -2.18. The number of nitrogens with zero attached hydrogens (tertiary/aromatic N) is 1. The fourth-order valence-corrected chi connectivity index (χ4v) is 3.45. The Kier molecular flexibility index (Phi) is 7.10. The lowest BCUT2D eigenvalue weighted by molar-refractivity contribution is -0.138. The molecule has 2 aromatic rings. The maximum absolute atomic E-state index is 13.4. The highest BCUT2D eigenvalue weighted by atomic mass is 16.5. The van der Waals surface area contributed by atoms with E-state index in [4.69, 9.17) is 14.2 Å². The predicted octanol–water partition coefficient (Wildman–Crippen LogP) is 4.14. The molecule has 1 amide bonds. The number of benzene rings is 2. The maximum atomic E-state index is 13.4. The molecule has 0 fully saturated rings. The first-order valence-electron chi connectivity index (χ1n) is 10.3. The first-order valence-corrected chi connectivity index (χ1v) is 10.3. The summed E-state index contributed by atoms with van der Waals surface area (Å²) in [6.07, 6.45) is 1.62. The Labute approximate surface area is 186 Å². The van der Waals surface area contributed by atoms with E-state index in [2.05, 4.69) is 0 Å². The molecule has 0 spiro atoms. The monoisotopic (exact) mass is 435 g/mol. The fourth-order valence-electron chi connectivity index (χ4n) is 3.45. The second kappa shape index (κ2) is 9.96. The molecule has 2 aromatic carbocycles. The first kappa shape index (κ1) is 22.8. The molecular weight excluding hydrogens is 410 g/mol. The van der Waals surface area contributed by atoms with Crippen LogP contribution in [0, 0.1) is 0 Å². The van der Waals surface area contributed by atoms with Crippen molar-refractivity contribution < 1.29 is 28.6 Å². The predicted molar refractivity (Wildman–Crippen MR) is 120 cm³/mol. The standard InChI is InChI=1S/C25H25NO6/c1-5-31-20-13-11-19(12-14-20)26-16(3)22(25(29)32-6-2)21(23(26)27)15-17-7-9-18(10-8-17)24(28)30-4/h7-15H,5-6H2,1-4H3. The number of rotatable bonds is 7. The van der Waals surface area contributed by atoms with Crippen molar-refractivity contribution in [3.8, 4) is 5.75 Å². The highest BCUT2D eigenvalue weighted by Crippen LogP contribution is 2.36. The molecule has 166 valence electrons. The van der Waals surface area contributed by atoms with Gasteiger partial charge in [-0.25, -0.2) is 9.59 Å². The van der Waals surface area contributed by atoms with E-state index in [-0.39, 0.29) is 23.7 Å². The van der Waals surface area contributed by atoms with Crippen molar-refractivity contribution in [1.29, 1.82) is 0 Å². The Morgan fingerprint density at radius 3 is 2.16 bits per heavy atom. The summed E-state index contributed by atoms with van der Waals surface area (Å²) in [7, 11) is 1.31. The SMILES string of the molecule is CCOC(=O)C1=C(C)N(c2ccc(OCC)cc2)C(=O)C1=Cc1ccc(C(=O)OC)cc1. The van der Waals surface area contributed by atoms with Gasteiger partial charge in [0.25, 0.3) is 5.91 Å². The molecule has 0 saturated heterocycles. The molecule has 1 aliphatic rings. The van der Waals surface area contributed by atoms with Crippen molar-refractivity contribution in [2.75, 3.05) is 25.2 Å².